The molecule has 1 nitrogen and oxygen atoms in total. The molecule has 1 aliphatic rings. The average Bonchev–Trinajstić information content (AvgIpc) is 2.26. The number of rotatable bonds is 1. The molecule has 16 heavy (non-hydrogen) atoms. The standard InChI is InChI=1S/C15H23N/c1-11-7-8-12(2)14(10-11)15(16)9-5-4-6-13(15)3/h7-8,10,13H,4-6,9,16H2,1-3H3. The molecular weight excluding hydrogens is 194 g/mol. The summed E-state index contributed by atoms with van der Waals surface area (Å²) in [5.41, 5.74) is 10.7. The van der Waals surface area contributed by atoms with Crippen LogP contribution in [0, 0.1) is 19.8 Å². The zero-order valence-electron chi connectivity index (χ0n) is 10.7. The zero-order valence-corrected chi connectivity index (χ0v) is 10.7. The molecule has 1 aromatic carbocycles. The fourth-order valence-corrected chi connectivity index (χ4v) is 3.01. The van der Waals surface area contributed by atoms with E-state index in [1.165, 1.54) is 36.0 Å². The van der Waals surface area contributed by atoms with Gasteiger partial charge in [0.1, 0.15) is 0 Å². The molecule has 0 heterocycles. The topological polar surface area (TPSA) is 26.0 Å². The van der Waals surface area contributed by atoms with E-state index in [-0.39, 0.29) is 5.54 Å². The van der Waals surface area contributed by atoms with Gasteiger partial charge in [-0.1, -0.05) is 43.5 Å². The average molecular weight is 217 g/mol. The van der Waals surface area contributed by atoms with Gasteiger partial charge in [-0.3, -0.25) is 0 Å². The van der Waals surface area contributed by atoms with Gasteiger partial charge in [0.25, 0.3) is 0 Å². The van der Waals surface area contributed by atoms with Crippen LogP contribution in [0.2, 0.25) is 0 Å². The third kappa shape index (κ3) is 1.89. The highest BCUT2D eigenvalue weighted by molar-refractivity contribution is 5.36. The van der Waals surface area contributed by atoms with Gasteiger partial charge in [0.2, 0.25) is 0 Å². The Morgan fingerprint density at radius 1 is 1.25 bits per heavy atom. The van der Waals surface area contributed by atoms with Crippen LogP contribution in [-0.4, -0.2) is 0 Å². The van der Waals surface area contributed by atoms with Gasteiger partial charge >= 0.3 is 0 Å². The predicted molar refractivity (Wildman–Crippen MR) is 69.4 cm³/mol. The van der Waals surface area contributed by atoms with E-state index < -0.39 is 0 Å². The highest BCUT2D eigenvalue weighted by atomic mass is 14.8. The van der Waals surface area contributed by atoms with Crippen molar-refractivity contribution in [2.75, 3.05) is 0 Å². The Morgan fingerprint density at radius 3 is 2.69 bits per heavy atom. The van der Waals surface area contributed by atoms with Crippen molar-refractivity contribution in [3.63, 3.8) is 0 Å². The van der Waals surface area contributed by atoms with Gasteiger partial charge in [-0.05, 0) is 43.7 Å². The van der Waals surface area contributed by atoms with Crippen LogP contribution in [0.15, 0.2) is 18.2 Å². The molecule has 0 amide bonds. The lowest BCUT2D eigenvalue weighted by molar-refractivity contribution is 0.206. The number of hydrogen-bond acceptors (Lipinski definition) is 1. The van der Waals surface area contributed by atoms with E-state index >= 15 is 0 Å². The number of hydrogen-bond donors (Lipinski definition) is 1. The molecule has 2 N–H and O–H groups in total. The molecule has 0 bridgehead atoms. The molecule has 2 rings (SSSR count). The molecule has 0 spiro atoms. The molecule has 88 valence electrons. The third-order valence-corrected chi connectivity index (χ3v) is 4.25. The summed E-state index contributed by atoms with van der Waals surface area (Å²) in [6, 6.07) is 6.67. The van der Waals surface area contributed by atoms with Crippen LogP contribution in [0.25, 0.3) is 0 Å². The SMILES string of the molecule is Cc1ccc(C)c(C2(N)CCCCC2C)c1. The lowest BCUT2D eigenvalue weighted by Gasteiger charge is -2.41. The van der Waals surface area contributed by atoms with E-state index in [1.54, 1.807) is 0 Å². The van der Waals surface area contributed by atoms with Crippen LogP contribution < -0.4 is 5.73 Å². The van der Waals surface area contributed by atoms with Crippen LogP contribution in [0.3, 0.4) is 0 Å². The molecule has 2 atom stereocenters. The summed E-state index contributed by atoms with van der Waals surface area (Å²) in [6.07, 6.45) is 5.02. The van der Waals surface area contributed by atoms with Crippen molar-refractivity contribution in [2.45, 2.75) is 52.0 Å². The molecule has 0 aliphatic heterocycles. The Balaban J connectivity index is 2.44. The molecule has 1 aliphatic carbocycles. The highest BCUT2D eigenvalue weighted by Crippen LogP contribution is 2.40. The quantitative estimate of drug-likeness (QED) is 0.763. The van der Waals surface area contributed by atoms with Crippen LogP contribution in [-0.2, 0) is 5.54 Å². The van der Waals surface area contributed by atoms with Crippen molar-refractivity contribution in [1.29, 1.82) is 0 Å². The first-order chi connectivity index (χ1) is 7.54. The van der Waals surface area contributed by atoms with Crippen molar-refractivity contribution in [1.82, 2.24) is 0 Å². The van der Waals surface area contributed by atoms with Gasteiger partial charge in [-0.15, -0.1) is 0 Å². The molecule has 0 radical (unpaired) electrons. The van der Waals surface area contributed by atoms with Gasteiger partial charge < -0.3 is 5.73 Å². The molecule has 1 aromatic rings. The maximum Gasteiger partial charge on any atom is 0.0438 e. The maximum atomic E-state index is 6.69. The summed E-state index contributed by atoms with van der Waals surface area (Å²) in [5, 5.41) is 0. The minimum Gasteiger partial charge on any atom is -0.321 e. The van der Waals surface area contributed by atoms with E-state index in [1.807, 2.05) is 0 Å². The third-order valence-electron chi connectivity index (χ3n) is 4.25. The van der Waals surface area contributed by atoms with Gasteiger partial charge in [0.05, 0.1) is 0 Å². The Labute approximate surface area is 99.0 Å². The molecule has 0 saturated heterocycles. The lowest BCUT2D eigenvalue weighted by Crippen LogP contribution is -2.45. The largest absolute Gasteiger partial charge is 0.321 e. The van der Waals surface area contributed by atoms with E-state index in [2.05, 4.69) is 39.0 Å². The Morgan fingerprint density at radius 2 is 2.00 bits per heavy atom. The van der Waals surface area contributed by atoms with Crippen molar-refractivity contribution in [3.8, 4) is 0 Å². The first kappa shape index (κ1) is 11.7. The van der Waals surface area contributed by atoms with E-state index in [4.69, 9.17) is 5.73 Å². The van der Waals surface area contributed by atoms with Crippen LogP contribution in [0.5, 0.6) is 0 Å². The van der Waals surface area contributed by atoms with Gasteiger partial charge in [0.15, 0.2) is 0 Å². The van der Waals surface area contributed by atoms with Gasteiger partial charge in [0, 0.05) is 5.54 Å². The number of nitrogens with two attached hydrogens (primary N) is 1. The summed E-state index contributed by atoms with van der Waals surface area (Å²) in [6.45, 7) is 6.64. The van der Waals surface area contributed by atoms with Crippen LogP contribution in [0.1, 0.15) is 49.3 Å². The summed E-state index contributed by atoms with van der Waals surface area (Å²) in [4.78, 5) is 0. The second-order valence-corrected chi connectivity index (χ2v) is 5.51. The summed E-state index contributed by atoms with van der Waals surface area (Å²) in [5.74, 6) is 0.599. The first-order valence-electron chi connectivity index (χ1n) is 6.40. The predicted octanol–water partition coefficient (Wildman–Crippen LogP) is 3.67. The van der Waals surface area contributed by atoms with Crippen molar-refractivity contribution >= 4 is 0 Å². The zero-order chi connectivity index (χ0) is 11.8. The summed E-state index contributed by atoms with van der Waals surface area (Å²) < 4.78 is 0. The Hall–Kier alpha value is -0.820. The van der Waals surface area contributed by atoms with E-state index in [0.717, 1.165) is 6.42 Å². The molecular formula is C15H23N. The molecule has 1 saturated carbocycles. The van der Waals surface area contributed by atoms with Crippen LogP contribution >= 0.6 is 0 Å². The van der Waals surface area contributed by atoms with E-state index in [0.29, 0.717) is 5.92 Å². The van der Waals surface area contributed by atoms with E-state index in [9.17, 15) is 0 Å². The minimum absolute atomic E-state index is 0.0889. The molecule has 2 unspecified atom stereocenters. The van der Waals surface area contributed by atoms with Crippen molar-refractivity contribution < 1.29 is 0 Å². The van der Waals surface area contributed by atoms with Crippen LogP contribution in [0.4, 0.5) is 0 Å². The number of aryl methyl sites for hydroxylation is 2. The summed E-state index contributed by atoms with van der Waals surface area (Å²) in [7, 11) is 0. The van der Waals surface area contributed by atoms with Crippen molar-refractivity contribution in [3.05, 3.63) is 34.9 Å². The Kier molecular flexibility index (Phi) is 3.07. The monoisotopic (exact) mass is 217 g/mol. The van der Waals surface area contributed by atoms with Gasteiger partial charge in [-0.25, -0.2) is 0 Å². The molecule has 0 aromatic heterocycles. The normalized spacial score (nSPS) is 30.4. The smallest absolute Gasteiger partial charge is 0.0438 e. The second-order valence-electron chi connectivity index (χ2n) is 5.51. The summed E-state index contributed by atoms with van der Waals surface area (Å²) >= 11 is 0. The maximum absolute atomic E-state index is 6.69. The second kappa shape index (κ2) is 4.21. The lowest BCUT2D eigenvalue weighted by atomic mass is 9.69. The molecule has 1 fully saturated rings. The molecule has 1 heteroatoms. The minimum atomic E-state index is -0.0889. The number of benzene rings is 1. The first-order valence-corrected chi connectivity index (χ1v) is 6.40. The fraction of sp³-hybridized carbons (Fsp3) is 0.600. The Bertz CT molecular complexity index is 383. The van der Waals surface area contributed by atoms with Gasteiger partial charge in [-0.2, -0.15) is 0 Å². The highest BCUT2D eigenvalue weighted by Gasteiger charge is 2.36. The van der Waals surface area contributed by atoms with Crippen molar-refractivity contribution in [2.24, 2.45) is 11.7 Å². The fourth-order valence-electron chi connectivity index (χ4n) is 3.01.